The minimum atomic E-state index is 0.116. The first-order valence-corrected chi connectivity index (χ1v) is 10.6. The summed E-state index contributed by atoms with van der Waals surface area (Å²) in [5, 5.41) is 0.714. The lowest BCUT2D eigenvalue weighted by molar-refractivity contribution is 0.0897. The van der Waals surface area contributed by atoms with E-state index < -0.39 is 0 Å². The number of ether oxygens (including phenoxy) is 1. The molecule has 2 aromatic rings. The molecule has 0 saturated heterocycles. The fraction of sp³-hybridized carbons (Fsp3) is 0.500. The largest absolute Gasteiger partial charge is 0.495 e. The zero-order chi connectivity index (χ0) is 20.3. The molecule has 152 valence electrons. The molecule has 0 bridgehead atoms. The van der Waals surface area contributed by atoms with Gasteiger partial charge in [-0.2, -0.15) is 0 Å². The summed E-state index contributed by atoms with van der Waals surface area (Å²) in [6.45, 7) is 5.43. The van der Waals surface area contributed by atoms with E-state index in [1.165, 1.54) is 11.1 Å². The van der Waals surface area contributed by atoms with Crippen molar-refractivity contribution in [1.29, 1.82) is 0 Å². The molecule has 1 aliphatic rings. The van der Waals surface area contributed by atoms with Crippen LogP contribution in [-0.2, 0) is 5.54 Å². The molecule has 28 heavy (non-hydrogen) atoms. The van der Waals surface area contributed by atoms with E-state index in [-0.39, 0.29) is 5.54 Å². The lowest BCUT2D eigenvalue weighted by Gasteiger charge is -2.48. The average molecular weight is 401 g/mol. The van der Waals surface area contributed by atoms with Crippen LogP contribution in [0.25, 0.3) is 0 Å². The van der Waals surface area contributed by atoms with Gasteiger partial charge in [0.15, 0.2) is 0 Å². The number of aryl methyl sites for hydroxylation is 1. The Morgan fingerprint density at radius 2 is 1.79 bits per heavy atom. The molecule has 0 N–H and O–H groups in total. The second kappa shape index (κ2) is 8.75. The Morgan fingerprint density at radius 3 is 2.36 bits per heavy atom. The molecule has 0 unspecified atom stereocenters. The molecule has 0 radical (unpaired) electrons. The maximum Gasteiger partial charge on any atom is 0.143 e. The Morgan fingerprint density at radius 1 is 1.11 bits per heavy atom. The van der Waals surface area contributed by atoms with E-state index in [0.717, 1.165) is 43.7 Å². The highest BCUT2D eigenvalue weighted by molar-refractivity contribution is 6.30. The van der Waals surface area contributed by atoms with Crippen LogP contribution in [0.3, 0.4) is 0 Å². The predicted octanol–water partition coefficient (Wildman–Crippen LogP) is 5.88. The molecule has 0 heterocycles. The number of hydrogen-bond acceptors (Lipinski definition) is 3. The summed E-state index contributed by atoms with van der Waals surface area (Å²) >= 11 is 6.18. The molecular formula is C24H33ClN2O. The van der Waals surface area contributed by atoms with E-state index >= 15 is 0 Å². The van der Waals surface area contributed by atoms with Gasteiger partial charge in [-0.15, -0.1) is 0 Å². The van der Waals surface area contributed by atoms with Gasteiger partial charge in [0.2, 0.25) is 0 Å². The predicted molar refractivity (Wildman–Crippen MR) is 120 cm³/mol. The average Bonchev–Trinajstić information content (AvgIpc) is 2.70. The van der Waals surface area contributed by atoms with Gasteiger partial charge in [-0.05, 0) is 76.9 Å². The van der Waals surface area contributed by atoms with Crippen LogP contribution in [0, 0.1) is 6.92 Å². The Labute approximate surface area is 175 Å². The summed E-state index contributed by atoms with van der Waals surface area (Å²) in [5.74, 6) is 0.859. The van der Waals surface area contributed by atoms with Crippen molar-refractivity contribution < 1.29 is 4.74 Å². The molecule has 0 atom stereocenters. The van der Waals surface area contributed by atoms with Gasteiger partial charge in [-0.3, -0.25) is 4.90 Å². The van der Waals surface area contributed by atoms with E-state index in [4.69, 9.17) is 16.3 Å². The minimum absolute atomic E-state index is 0.116. The van der Waals surface area contributed by atoms with E-state index in [9.17, 15) is 0 Å². The first kappa shape index (κ1) is 21.0. The van der Waals surface area contributed by atoms with Gasteiger partial charge in [0.25, 0.3) is 0 Å². The van der Waals surface area contributed by atoms with Crippen LogP contribution in [0.5, 0.6) is 5.75 Å². The van der Waals surface area contributed by atoms with E-state index in [1.54, 1.807) is 7.11 Å². The molecule has 2 aromatic carbocycles. The van der Waals surface area contributed by atoms with Crippen LogP contribution in [0.4, 0.5) is 5.69 Å². The third kappa shape index (κ3) is 3.88. The van der Waals surface area contributed by atoms with Crippen molar-refractivity contribution in [3.63, 3.8) is 0 Å². The fourth-order valence-corrected chi connectivity index (χ4v) is 5.12. The van der Waals surface area contributed by atoms with Crippen LogP contribution in [0.2, 0.25) is 5.02 Å². The second-order valence-corrected chi connectivity index (χ2v) is 8.51. The molecule has 0 aliphatic heterocycles. The first-order valence-electron chi connectivity index (χ1n) is 10.3. The first-order chi connectivity index (χ1) is 13.4. The Balaban J connectivity index is 1.86. The van der Waals surface area contributed by atoms with E-state index in [1.807, 2.05) is 12.1 Å². The minimum Gasteiger partial charge on any atom is -0.495 e. The third-order valence-corrected chi connectivity index (χ3v) is 6.75. The molecule has 0 amide bonds. The van der Waals surface area contributed by atoms with E-state index in [2.05, 4.69) is 68.1 Å². The number of rotatable bonds is 6. The summed E-state index contributed by atoms with van der Waals surface area (Å²) in [6, 6.07) is 15.4. The highest BCUT2D eigenvalue weighted by Gasteiger charge is 2.41. The van der Waals surface area contributed by atoms with Crippen molar-refractivity contribution in [2.75, 3.05) is 32.6 Å². The molecule has 3 rings (SSSR count). The van der Waals surface area contributed by atoms with Crippen molar-refractivity contribution in [3.8, 4) is 5.75 Å². The molecular weight excluding hydrogens is 368 g/mol. The summed E-state index contributed by atoms with van der Waals surface area (Å²) in [6.07, 6.45) is 4.63. The number of hydrogen-bond donors (Lipinski definition) is 0. The summed E-state index contributed by atoms with van der Waals surface area (Å²) in [4.78, 5) is 4.93. The van der Waals surface area contributed by atoms with Gasteiger partial charge in [-0.25, -0.2) is 0 Å². The van der Waals surface area contributed by atoms with Crippen LogP contribution in [-0.4, -0.2) is 38.7 Å². The van der Waals surface area contributed by atoms with Crippen LogP contribution >= 0.6 is 11.6 Å². The van der Waals surface area contributed by atoms with Crippen molar-refractivity contribution in [3.05, 3.63) is 58.6 Å². The lowest BCUT2D eigenvalue weighted by atomic mass is 9.72. The zero-order valence-corrected chi connectivity index (χ0v) is 18.6. The summed E-state index contributed by atoms with van der Waals surface area (Å²) in [5.41, 5.74) is 4.13. The third-order valence-electron chi connectivity index (χ3n) is 6.52. The summed E-state index contributed by atoms with van der Waals surface area (Å²) in [7, 11) is 6.18. The van der Waals surface area contributed by atoms with E-state index in [0.29, 0.717) is 11.1 Å². The maximum absolute atomic E-state index is 6.18. The van der Waals surface area contributed by atoms with Crippen LogP contribution in [0.15, 0.2) is 42.5 Å². The van der Waals surface area contributed by atoms with Crippen LogP contribution < -0.4 is 9.64 Å². The monoisotopic (exact) mass is 400 g/mol. The number of methoxy groups -OCH3 is 1. The number of halogens is 1. The molecule has 3 nitrogen and oxygen atoms in total. The molecule has 4 heteroatoms. The number of benzene rings is 2. The van der Waals surface area contributed by atoms with Crippen molar-refractivity contribution in [1.82, 2.24) is 4.90 Å². The highest BCUT2D eigenvalue weighted by atomic mass is 35.5. The smallest absolute Gasteiger partial charge is 0.143 e. The Kier molecular flexibility index (Phi) is 6.57. The van der Waals surface area contributed by atoms with Gasteiger partial charge in [-0.1, -0.05) is 35.9 Å². The lowest BCUT2D eigenvalue weighted by Crippen LogP contribution is -2.49. The van der Waals surface area contributed by atoms with Crippen molar-refractivity contribution in [2.45, 2.75) is 51.1 Å². The molecule has 1 aliphatic carbocycles. The fourth-order valence-electron chi connectivity index (χ4n) is 4.96. The van der Waals surface area contributed by atoms with Gasteiger partial charge < -0.3 is 9.64 Å². The second-order valence-electron chi connectivity index (χ2n) is 8.07. The van der Waals surface area contributed by atoms with Gasteiger partial charge in [0.05, 0.1) is 12.8 Å². The zero-order valence-electron chi connectivity index (χ0n) is 17.8. The summed E-state index contributed by atoms with van der Waals surface area (Å²) < 4.78 is 5.63. The molecule has 1 saturated carbocycles. The standard InChI is InChI=1S/C24H33ClN2O/c1-6-27(22-12-11-19(25)17-23(22)28-5)20-13-15-24(16-14-20,26(3)4)21-10-8-7-9-18(21)2/h7-12,17,20H,6,13-16H2,1-5H3. The topological polar surface area (TPSA) is 15.7 Å². The Bertz CT molecular complexity index is 797. The molecule has 0 spiro atoms. The SMILES string of the molecule is CCN(c1ccc(Cl)cc1OC)C1CCC(c2ccccc2C)(N(C)C)CC1. The van der Waals surface area contributed by atoms with Gasteiger partial charge in [0, 0.05) is 29.2 Å². The maximum atomic E-state index is 6.18. The molecule has 1 fully saturated rings. The number of nitrogens with zero attached hydrogens (tertiary/aromatic N) is 2. The quantitative estimate of drug-likeness (QED) is 0.601. The van der Waals surface area contributed by atoms with Gasteiger partial charge in [0.1, 0.15) is 5.75 Å². The highest BCUT2D eigenvalue weighted by Crippen LogP contribution is 2.45. The Hall–Kier alpha value is -1.71. The van der Waals surface area contributed by atoms with Crippen LogP contribution in [0.1, 0.15) is 43.7 Å². The van der Waals surface area contributed by atoms with Crippen molar-refractivity contribution >= 4 is 17.3 Å². The van der Waals surface area contributed by atoms with Crippen molar-refractivity contribution in [2.24, 2.45) is 0 Å². The molecule has 0 aromatic heterocycles. The number of anilines is 1. The van der Waals surface area contributed by atoms with Gasteiger partial charge >= 0.3 is 0 Å². The normalized spacial score (nSPS) is 22.3.